The zero-order valence-corrected chi connectivity index (χ0v) is 18.6. The first-order valence-corrected chi connectivity index (χ1v) is 10.9. The number of amides is 1. The summed E-state index contributed by atoms with van der Waals surface area (Å²) in [5, 5.41) is 4.61. The van der Waals surface area contributed by atoms with Crippen LogP contribution in [0.2, 0.25) is 0 Å². The molecule has 166 valence electrons. The monoisotopic (exact) mass is 427 g/mol. The third-order valence-electron chi connectivity index (χ3n) is 5.83. The average Bonchev–Trinajstić information content (AvgIpc) is 3.13. The first kappa shape index (κ1) is 21.6. The highest BCUT2D eigenvalue weighted by Crippen LogP contribution is 2.43. The fourth-order valence-electron chi connectivity index (χ4n) is 4.38. The molecule has 1 fully saturated rings. The Morgan fingerprint density at radius 2 is 2.00 bits per heavy atom. The van der Waals surface area contributed by atoms with Gasteiger partial charge < -0.3 is 14.4 Å². The molecule has 2 unspecified atom stereocenters. The lowest BCUT2D eigenvalue weighted by molar-refractivity contribution is 0.0171. The predicted molar refractivity (Wildman–Crippen MR) is 117 cm³/mol. The first-order chi connectivity index (χ1) is 14.8. The van der Waals surface area contributed by atoms with Crippen LogP contribution in [0.1, 0.15) is 51.3 Å². The molecule has 1 aromatic heterocycles. The van der Waals surface area contributed by atoms with Crippen LogP contribution < -0.4 is 0 Å². The van der Waals surface area contributed by atoms with Gasteiger partial charge in [-0.2, -0.15) is 5.10 Å². The van der Waals surface area contributed by atoms with Crippen LogP contribution >= 0.6 is 0 Å². The molecule has 0 bridgehead atoms. The lowest BCUT2D eigenvalue weighted by Gasteiger charge is -2.41. The molecule has 0 radical (unpaired) electrons. The lowest BCUT2D eigenvalue weighted by Crippen LogP contribution is -2.46. The predicted octanol–water partition coefficient (Wildman–Crippen LogP) is 4.79. The minimum atomic E-state index is -0.520. The number of rotatable bonds is 4. The Morgan fingerprint density at radius 3 is 2.68 bits per heavy atom. The normalized spacial score (nSPS) is 20.7. The summed E-state index contributed by atoms with van der Waals surface area (Å²) < 4.78 is 26.7. The molecule has 6 nitrogen and oxygen atoms in total. The van der Waals surface area contributed by atoms with E-state index in [2.05, 4.69) is 11.2 Å². The Balaban J connectivity index is 1.65. The maximum Gasteiger partial charge on any atom is 0.410 e. The highest BCUT2D eigenvalue weighted by Gasteiger charge is 2.39. The molecular weight excluding hydrogens is 397 g/mol. The topological polar surface area (TPSA) is 56.6 Å². The molecular formula is C24H30FN3O3. The van der Waals surface area contributed by atoms with E-state index in [1.54, 1.807) is 12.1 Å². The summed E-state index contributed by atoms with van der Waals surface area (Å²) in [5.41, 5.74) is 3.69. The van der Waals surface area contributed by atoms with Gasteiger partial charge in [0.15, 0.2) is 0 Å². The van der Waals surface area contributed by atoms with Crippen LogP contribution in [-0.4, -0.2) is 52.7 Å². The van der Waals surface area contributed by atoms with Crippen molar-refractivity contribution in [3.05, 3.63) is 53.1 Å². The van der Waals surface area contributed by atoms with Crippen LogP contribution in [0, 0.1) is 11.7 Å². The van der Waals surface area contributed by atoms with Gasteiger partial charge in [0.05, 0.1) is 24.2 Å². The molecule has 31 heavy (non-hydrogen) atoms. The molecule has 4 rings (SSSR count). The molecule has 1 aromatic carbocycles. The number of carbonyl (C=O) groups is 1. The Kier molecular flexibility index (Phi) is 5.88. The number of ether oxygens (including phenoxy) is 2. The number of carbonyl (C=O) groups excluding carboxylic acids is 1. The molecule has 0 spiro atoms. The lowest BCUT2D eigenvalue weighted by atomic mass is 9.74. The molecule has 0 N–H and O–H groups in total. The summed E-state index contributed by atoms with van der Waals surface area (Å²) in [4.78, 5) is 14.5. The van der Waals surface area contributed by atoms with Crippen LogP contribution in [-0.2, 0) is 9.47 Å². The highest BCUT2D eigenvalue weighted by molar-refractivity contribution is 5.69. The number of halogens is 1. The molecule has 2 aliphatic rings. The third kappa shape index (κ3) is 4.51. The molecule has 7 heteroatoms. The van der Waals surface area contributed by atoms with Gasteiger partial charge in [0.25, 0.3) is 0 Å². The number of nitrogens with zero attached hydrogens (tertiary/aromatic N) is 3. The van der Waals surface area contributed by atoms with E-state index in [0.29, 0.717) is 26.3 Å². The van der Waals surface area contributed by atoms with Crippen LogP contribution in [0.3, 0.4) is 0 Å². The van der Waals surface area contributed by atoms with E-state index < -0.39 is 5.60 Å². The van der Waals surface area contributed by atoms with Gasteiger partial charge in [-0.1, -0.05) is 5.57 Å². The van der Waals surface area contributed by atoms with Gasteiger partial charge in [0.1, 0.15) is 11.4 Å². The quantitative estimate of drug-likeness (QED) is 0.704. The summed E-state index contributed by atoms with van der Waals surface area (Å²) in [6.07, 6.45) is 4.57. The highest BCUT2D eigenvalue weighted by atomic mass is 19.1. The first-order valence-electron chi connectivity index (χ1n) is 10.9. The molecule has 1 saturated heterocycles. The van der Waals surface area contributed by atoms with E-state index >= 15 is 0 Å². The van der Waals surface area contributed by atoms with Crippen molar-refractivity contribution >= 4 is 12.2 Å². The van der Waals surface area contributed by atoms with Crippen molar-refractivity contribution in [3.8, 4) is 5.69 Å². The van der Waals surface area contributed by atoms with E-state index in [9.17, 15) is 9.18 Å². The summed E-state index contributed by atoms with van der Waals surface area (Å²) in [5.74, 6) is -0.0208. The Labute approximate surface area is 182 Å². The second kappa shape index (κ2) is 8.46. The summed E-state index contributed by atoms with van der Waals surface area (Å²) in [7, 11) is 0. The van der Waals surface area contributed by atoms with Crippen LogP contribution in [0.5, 0.6) is 0 Å². The van der Waals surface area contributed by atoms with Crippen molar-refractivity contribution in [2.24, 2.45) is 5.92 Å². The van der Waals surface area contributed by atoms with E-state index in [1.165, 1.54) is 17.7 Å². The number of piperidine rings is 1. The van der Waals surface area contributed by atoms with Crippen LogP contribution in [0.25, 0.3) is 11.8 Å². The minimum Gasteiger partial charge on any atom is -0.444 e. The molecule has 1 amide bonds. The average molecular weight is 428 g/mol. The van der Waals surface area contributed by atoms with E-state index in [1.807, 2.05) is 43.5 Å². The Hall–Kier alpha value is -2.67. The van der Waals surface area contributed by atoms with Gasteiger partial charge >= 0.3 is 6.09 Å². The minimum absolute atomic E-state index is 0.0920. The van der Waals surface area contributed by atoms with Gasteiger partial charge in [0.2, 0.25) is 0 Å². The fourth-order valence-corrected chi connectivity index (χ4v) is 4.38. The molecule has 2 heterocycles. The van der Waals surface area contributed by atoms with Crippen LogP contribution in [0.4, 0.5) is 9.18 Å². The number of hydrogen-bond donors (Lipinski definition) is 0. The largest absolute Gasteiger partial charge is 0.444 e. The SMILES string of the molecule is CCOCC1c2cnn(-c3ccc(F)cc3)c2C=C2CCN(C(=O)OC(C)(C)C)CC21. The summed E-state index contributed by atoms with van der Waals surface area (Å²) in [6, 6.07) is 6.35. The van der Waals surface area contributed by atoms with Crippen molar-refractivity contribution < 1.29 is 18.7 Å². The standard InChI is InChI=1S/C24H30FN3O3/c1-5-30-15-21-19-13-26-28(18-8-6-17(25)7-9-18)22(19)12-16-10-11-27(14-20(16)21)23(29)31-24(2,3)4/h6-9,12-13,20-21H,5,10-11,14-15H2,1-4H3. The number of aromatic nitrogens is 2. The summed E-state index contributed by atoms with van der Waals surface area (Å²) in [6.45, 7) is 10.0. The number of hydrogen-bond acceptors (Lipinski definition) is 4. The zero-order valence-electron chi connectivity index (χ0n) is 18.6. The smallest absolute Gasteiger partial charge is 0.410 e. The second-order valence-electron chi connectivity index (χ2n) is 9.14. The maximum absolute atomic E-state index is 13.4. The zero-order chi connectivity index (χ0) is 22.2. The van der Waals surface area contributed by atoms with Gasteiger partial charge in [-0.3, -0.25) is 0 Å². The van der Waals surface area contributed by atoms with Crippen molar-refractivity contribution in [2.45, 2.75) is 45.6 Å². The van der Waals surface area contributed by atoms with Crippen molar-refractivity contribution in [2.75, 3.05) is 26.3 Å². The fraction of sp³-hybridized carbons (Fsp3) is 0.500. The molecule has 1 aliphatic carbocycles. The van der Waals surface area contributed by atoms with Gasteiger partial charge in [0, 0.05) is 37.1 Å². The molecule has 0 saturated carbocycles. The van der Waals surface area contributed by atoms with E-state index in [0.717, 1.165) is 23.4 Å². The second-order valence-corrected chi connectivity index (χ2v) is 9.14. The van der Waals surface area contributed by atoms with E-state index in [-0.39, 0.29) is 23.7 Å². The molecule has 1 aliphatic heterocycles. The number of benzene rings is 1. The molecule has 2 aromatic rings. The number of fused-ring (bicyclic) bond motifs is 2. The number of likely N-dealkylation sites (tertiary alicyclic amines) is 1. The maximum atomic E-state index is 13.4. The van der Waals surface area contributed by atoms with Crippen molar-refractivity contribution in [1.82, 2.24) is 14.7 Å². The third-order valence-corrected chi connectivity index (χ3v) is 5.83. The van der Waals surface area contributed by atoms with Crippen LogP contribution in [0.15, 0.2) is 36.0 Å². The van der Waals surface area contributed by atoms with Crippen molar-refractivity contribution in [3.63, 3.8) is 0 Å². The van der Waals surface area contributed by atoms with Gasteiger partial charge in [-0.25, -0.2) is 13.9 Å². The molecule has 2 atom stereocenters. The summed E-state index contributed by atoms with van der Waals surface area (Å²) >= 11 is 0. The van der Waals surface area contributed by atoms with Crippen molar-refractivity contribution in [1.29, 1.82) is 0 Å². The Bertz CT molecular complexity index is 975. The Morgan fingerprint density at radius 1 is 1.26 bits per heavy atom. The van der Waals surface area contributed by atoms with Gasteiger partial charge in [-0.05, 0) is 64.5 Å². The van der Waals surface area contributed by atoms with E-state index in [4.69, 9.17) is 9.47 Å². The van der Waals surface area contributed by atoms with Gasteiger partial charge in [-0.15, -0.1) is 0 Å².